The molecule has 5 aromatic carbocycles. The van der Waals surface area contributed by atoms with E-state index < -0.39 is 0 Å². The molecule has 5 nitrogen and oxygen atoms in total. The monoisotopic (exact) mass is 505 g/mol. The number of fused-ring (bicyclic) bond motifs is 6. The van der Waals surface area contributed by atoms with E-state index in [0.717, 1.165) is 43.6 Å². The fourth-order valence-corrected chi connectivity index (χ4v) is 5.59. The number of para-hydroxylation sites is 4. The average molecular weight is 506 g/mol. The molecule has 8 aromatic rings. The Morgan fingerprint density at radius 1 is 0.410 bits per heavy atom. The highest BCUT2D eigenvalue weighted by atomic mass is 19.1. The molecule has 0 atom stereocenters. The molecule has 8 rings (SSSR count). The zero-order chi connectivity index (χ0) is 25.9. The fourth-order valence-electron chi connectivity index (χ4n) is 5.59. The van der Waals surface area contributed by atoms with Crippen LogP contribution in [-0.4, -0.2) is 24.1 Å². The summed E-state index contributed by atoms with van der Waals surface area (Å²) in [5, 5.41) is 4.39. The van der Waals surface area contributed by atoms with E-state index >= 15 is 4.39 Å². The van der Waals surface area contributed by atoms with Gasteiger partial charge in [0.15, 0.2) is 5.82 Å². The summed E-state index contributed by atoms with van der Waals surface area (Å²) in [6.07, 6.45) is 0. The molecular weight excluding hydrogens is 485 g/mol. The van der Waals surface area contributed by atoms with Gasteiger partial charge < -0.3 is 0 Å². The molecule has 0 spiro atoms. The molecule has 0 unspecified atom stereocenters. The Bertz CT molecular complexity index is 1970. The number of nitrogens with zero attached hydrogens (tertiary/aromatic N) is 5. The lowest BCUT2D eigenvalue weighted by atomic mass is 10.2. The molecule has 0 bridgehead atoms. The Labute approximate surface area is 222 Å². The Kier molecular flexibility index (Phi) is 4.63. The van der Waals surface area contributed by atoms with Gasteiger partial charge in [0.2, 0.25) is 11.9 Å². The van der Waals surface area contributed by atoms with Gasteiger partial charge in [0.25, 0.3) is 0 Å². The van der Waals surface area contributed by atoms with Crippen LogP contribution in [0.2, 0.25) is 0 Å². The first-order valence-electron chi connectivity index (χ1n) is 12.8. The van der Waals surface area contributed by atoms with Crippen molar-refractivity contribution in [2.45, 2.75) is 0 Å². The lowest BCUT2D eigenvalue weighted by Crippen LogP contribution is -2.10. The predicted molar refractivity (Wildman–Crippen MR) is 154 cm³/mol. The number of hydrogen-bond acceptors (Lipinski definition) is 3. The lowest BCUT2D eigenvalue weighted by Gasteiger charge is -2.12. The van der Waals surface area contributed by atoms with Gasteiger partial charge in [-0.05, 0) is 36.4 Å². The summed E-state index contributed by atoms with van der Waals surface area (Å²) in [7, 11) is 0. The Morgan fingerprint density at radius 2 is 0.769 bits per heavy atom. The van der Waals surface area contributed by atoms with Crippen LogP contribution in [0.25, 0.3) is 66.9 Å². The van der Waals surface area contributed by atoms with Crippen molar-refractivity contribution in [3.05, 3.63) is 127 Å². The normalized spacial score (nSPS) is 11.7. The van der Waals surface area contributed by atoms with Gasteiger partial charge in [-0.1, -0.05) is 84.9 Å². The molecule has 0 fully saturated rings. The van der Waals surface area contributed by atoms with Gasteiger partial charge in [-0.2, -0.15) is 15.0 Å². The molecule has 0 saturated carbocycles. The van der Waals surface area contributed by atoms with E-state index in [1.54, 1.807) is 18.2 Å². The smallest absolute Gasteiger partial charge is 0.240 e. The van der Waals surface area contributed by atoms with Gasteiger partial charge in [-0.3, -0.25) is 9.13 Å². The van der Waals surface area contributed by atoms with Crippen LogP contribution in [0, 0.1) is 5.82 Å². The van der Waals surface area contributed by atoms with Crippen LogP contribution < -0.4 is 0 Å². The van der Waals surface area contributed by atoms with Gasteiger partial charge in [0, 0.05) is 21.5 Å². The van der Waals surface area contributed by atoms with Crippen molar-refractivity contribution in [2.24, 2.45) is 0 Å². The Hall–Kier alpha value is -5.36. The molecule has 0 aliphatic rings. The summed E-state index contributed by atoms with van der Waals surface area (Å²) >= 11 is 0. The molecule has 6 heteroatoms. The third kappa shape index (κ3) is 3.21. The first-order valence-corrected chi connectivity index (χ1v) is 12.8. The van der Waals surface area contributed by atoms with E-state index in [9.17, 15) is 0 Å². The van der Waals surface area contributed by atoms with E-state index in [4.69, 9.17) is 15.0 Å². The van der Waals surface area contributed by atoms with E-state index in [0.29, 0.717) is 17.5 Å². The molecule has 3 aromatic heterocycles. The zero-order valence-corrected chi connectivity index (χ0v) is 20.7. The molecule has 184 valence electrons. The molecule has 39 heavy (non-hydrogen) atoms. The van der Waals surface area contributed by atoms with Gasteiger partial charge >= 0.3 is 0 Å². The summed E-state index contributed by atoms with van der Waals surface area (Å²) in [4.78, 5) is 14.8. The summed E-state index contributed by atoms with van der Waals surface area (Å²) in [5.74, 6) is 0.747. The largest absolute Gasteiger partial charge is 0.278 e. The van der Waals surface area contributed by atoms with Crippen LogP contribution in [0.4, 0.5) is 4.39 Å². The molecular formula is C33H20FN5. The zero-order valence-electron chi connectivity index (χ0n) is 20.7. The molecule has 0 amide bonds. The second-order valence-electron chi connectivity index (χ2n) is 9.48. The molecule has 3 heterocycles. The SMILES string of the molecule is Fc1ccccc1-c1nc(-n2c3ccccc3c3ccccc32)nc(-n2c3ccccc3c3ccccc32)n1. The van der Waals surface area contributed by atoms with Crippen molar-refractivity contribution in [2.75, 3.05) is 0 Å². The first-order chi connectivity index (χ1) is 19.3. The van der Waals surface area contributed by atoms with Crippen LogP contribution in [-0.2, 0) is 0 Å². The van der Waals surface area contributed by atoms with Crippen molar-refractivity contribution in [3.63, 3.8) is 0 Å². The minimum Gasteiger partial charge on any atom is -0.278 e. The second-order valence-corrected chi connectivity index (χ2v) is 9.48. The highest BCUT2D eigenvalue weighted by Gasteiger charge is 2.20. The summed E-state index contributed by atoms with van der Waals surface area (Å²) < 4.78 is 19.2. The fraction of sp³-hybridized carbons (Fsp3) is 0. The summed E-state index contributed by atoms with van der Waals surface area (Å²) in [5.41, 5.74) is 4.20. The molecule has 0 aliphatic carbocycles. The van der Waals surface area contributed by atoms with E-state index in [1.807, 2.05) is 57.7 Å². The molecule has 0 radical (unpaired) electrons. The quantitative estimate of drug-likeness (QED) is 0.245. The average Bonchev–Trinajstić information content (AvgIpc) is 3.50. The van der Waals surface area contributed by atoms with Crippen LogP contribution in [0.1, 0.15) is 0 Å². The molecule has 0 N–H and O–H groups in total. The van der Waals surface area contributed by atoms with E-state index in [2.05, 4.69) is 48.5 Å². The van der Waals surface area contributed by atoms with Crippen LogP contribution in [0.5, 0.6) is 0 Å². The molecule has 0 saturated heterocycles. The number of halogens is 1. The third-order valence-electron chi connectivity index (χ3n) is 7.29. The maximum Gasteiger partial charge on any atom is 0.240 e. The summed E-state index contributed by atoms with van der Waals surface area (Å²) in [6, 6.07) is 39.4. The maximum absolute atomic E-state index is 15.1. The van der Waals surface area contributed by atoms with Crippen molar-refractivity contribution in [1.82, 2.24) is 24.1 Å². The number of hydrogen-bond donors (Lipinski definition) is 0. The van der Waals surface area contributed by atoms with Gasteiger partial charge in [0.1, 0.15) is 5.82 Å². The number of aromatic nitrogens is 5. The number of rotatable bonds is 3. The number of benzene rings is 5. The van der Waals surface area contributed by atoms with Crippen molar-refractivity contribution < 1.29 is 4.39 Å². The minimum atomic E-state index is -0.384. The van der Waals surface area contributed by atoms with Crippen LogP contribution in [0.15, 0.2) is 121 Å². The van der Waals surface area contributed by atoms with Crippen LogP contribution in [0.3, 0.4) is 0 Å². The van der Waals surface area contributed by atoms with E-state index in [-0.39, 0.29) is 11.6 Å². The van der Waals surface area contributed by atoms with E-state index in [1.165, 1.54) is 6.07 Å². The second kappa shape index (κ2) is 8.33. The predicted octanol–water partition coefficient (Wildman–Crippen LogP) is 7.87. The standard InChI is InChI=1S/C33H20FN5/c34-26-16-6-1-15-25(26)31-35-32(38-27-17-7-2-11-21(27)22-12-3-8-18-28(22)38)37-33(36-31)39-29-19-9-4-13-23(29)24-14-5-10-20-30(24)39/h1-20H. The van der Waals surface area contributed by atoms with Crippen LogP contribution >= 0.6 is 0 Å². The first kappa shape index (κ1) is 21.7. The maximum atomic E-state index is 15.1. The van der Waals surface area contributed by atoms with Gasteiger partial charge in [-0.15, -0.1) is 0 Å². The highest BCUT2D eigenvalue weighted by molar-refractivity contribution is 6.10. The highest BCUT2D eigenvalue weighted by Crippen LogP contribution is 2.34. The Morgan fingerprint density at radius 3 is 1.18 bits per heavy atom. The van der Waals surface area contributed by atoms with Gasteiger partial charge in [-0.25, -0.2) is 4.39 Å². The Balaban J connectivity index is 1.52. The van der Waals surface area contributed by atoms with Crippen molar-refractivity contribution in [1.29, 1.82) is 0 Å². The molecule has 0 aliphatic heterocycles. The lowest BCUT2D eigenvalue weighted by molar-refractivity contribution is 0.629. The van der Waals surface area contributed by atoms with Crippen molar-refractivity contribution >= 4 is 43.6 Å². The minimum absolute atomic E-state index is 0.275. The third-order valence-corrected chi connectivity index (χ3v) is 7.29. The van der Waals surface area contributed by atoms with Gasteiger partial charge in [0.05, 0.1) is 27.6 Å². The topological polar surface area (TPSA) is 48.5 Å². The summed E-state index contributed by atoms with van der Waals surface area (Å²) in [6.45, 7) is 0. The van der Waals surface area contributed by atoms with Crippen molar-refractivity contribution in [3.8, 4) is 23.3 Å².